The lowest BCUT2D eigenvalue weighted by Crippen LogP contribution is -2.30. The van der Waals surface area contributed by atoms with Crippen LogP contribution in [-0.2, 0) is 14.6 Å². The van der Waals surface area contributed by atoms with E-state index in [1.807, 2.05) is 0 Å². The van der Waals surface area contributed by atoms with E-state index in [1.54, 1.807) is 37.3 Å². The second-order valence-electron chi connectivity index (χ2n) is 8.71. The quantitative estimate of drug-likeness (QED) is 0.396. The van der Waals surface area contributed by atoms with Gasteiger partial charge in [0, 0.05) is 36.5 Å². The van der Waals surface area contributed by atoms with Gasteiger partial charge in [0.2, 0.25) is 0 Å². The van der Waals surface area contributed by atoms with Crippen molar-refractivity contribution in [3.63, 3.8) is 0 Å². The Morgan fingerprint density at radius 2 is 1.97 bits per heavy atom. The summed E-state index contributed by atoms with van der Waals surface area (Å²) in [4.78, 5) is 31.5. The van der Waals surface area contributed by atoms with Crippen LogP contribution in [0.2, 0.25) is 0 Å². The number of aromatic nitrogens is 2. The lowest BCUT2D eigenvalue weighted by atomic mass is 10.1. The van der Waals surface area contributed by atoms with Crippen LogP contribution >= 0.6 is 0 Å². The summed E-state index contributed by atoms with van der Waals surface area (Å²) in [6.07, 6.45) is 3.06. The topological polar surface area (TPSA) is 148 Å². The molecule has 36 heavy (non-hydrogen) atoms. The molecule has 1 amide bonds. The smallest absolute Gasteiger partial charge is 0.267 e. The van der Waals surface area contributed by atoms with Crippen LogP contribution < -0.4 is 14.8 Å². The van der Waals surface area contributed by atoms with E-state index < -0.39 is 22.0 Å². The van der Waals surface area contributed by atoms with Gasteiger partial charge in [-0.25, -0.2) is 13.4 Å². The van der Waals surface area contributed by atoms with Crippen LogP contribution in [0.15, 0.2) is 53.7 Å². The number of aliphatic hydroxyl groups is 1. The van der Waals surface area contributed by atoms with Gasteiger partial charge in [-0.15, -0.1) is 0 Å². The Labute approximate surface area is 208 Å². The molecule has 2 heterocycles. The molecular formula is C25H27N3O7S. The van der Waals surface area contributed by atoms with Crippen LogP contribution in [0, 0.1) is 0 Å². The van der Waals surface area contributed by atoms with Gasteiger partial charge in [0.25, 0.3) is 5.91 Å². The van der Waals surface area contributed by atoms with Crippen molar-refractivity contribution in [3.05, 3.63) is 54.4 Å². The maximum absolute atomic E-state index is 12.3. The number of Topliss-reactive ketones (excluding diaryl/α,β-unsaturated/α-hetero) is 1. The number of carbonyl (C=O) groups excluding carboxylic acids is 2. The van der Waals surface area contributed by atoms with Crippen molar-refractivity contribution < 1.29 is 32.6 Å². The van der Waals surface area contributed by atoms with Crippen LogP contribution in [0.4, 0.5) is 0 Å². The van der Waals surface area contributed by atoms with Crippen LogP contribution in [0.3, 0.4) is 0 Å². The van der Waals surface area contributed by atoms with Gasteiger partial charge >= 0.3 is 0 Å². The molecule has 1 saturated carbocycles. The van der Waals surface area contributed by atoms with Crippen molar-refractivity contribution in [2.24, 2.45) is 0 Å². The fourth-order valence-electron chi connectivity index (χ4n) is 3.74. The van der Waals surface area contributed by atoms with E-state index >= 15 is 0 Å². The Kier molecular flexibility index (Phi) is 7.41. The molecule has 1 aromatic carbocycles. The Balaban J connectivity index is 1.62. The summed E-state index contributed by atoms with van der Waals surface area (Å²) in [6.45, 7) is 1.70. The van der Waals surface area contributed by atoms with Crippen molar-refractivity contribution in [1.82, 2.24) is 15.3 Å². The number of hydrogen-bond acceptors (Lipinski definition) is 8. The van der Waals surface area contributed by atoms with Crippen molar-refractivity contribution in [2.75, 3.05) is 12.8 Å². The molecule has 2 atom stereocenters. The number of hydrogen-bond donors (Lipinski definition) is 3. The highest BCUT2D eigenvalue weighted by atomic mass is 32.2. The lowest BCUT2D eigenvalue weighted by Gasteiger charge is -2.15. The van der Waals surface area contributed by atoms with Crippen molar-refractivity contribution in [1.29, 1.82) is 0 Å². The minimum atomic E-state index is -3.44. The second kappa shape index (κ2) is 10.5. The molecule has 0 saturated heterocycles. The van der Waals surface area contributed by atoms with Gasteiger partial charge in [-0.1, -0.05) is 0 Å². The third kappa shape index (κ3) is 6.29. The number of pyridine rings is 1. The number of rotatable bonds is 9. The molecular weight excluding hydrogens is 486 g/mol. The summed E-state index contributed by atoms with van der Waals surface area (Å²) in [7, 11) is -3.44. The van der Waals surface area contributed by atoms with Crippen LogP contribution in [0.25, 0.3) is 11.3 Å². The van der Waals surface area contributed by atoms with E-state index in [2.05, 4.69) is 15.3 Å². The Morgan fingerprint density at radius 3 is 2.61 bits per heavy atom. The third-order valence-corrected chi connectivity index (χ3v) is 6.53. The number of nitrogens with zero attached hydrogens (tertiary/aromatic N) is 1. The van der Waals surface area contributed by atoms with E-state index in [9.17, 15) is 23.1 Å². The summed E-state index contributed by atoms with van der Waals surface area (Å²) >= 11 is 0. The van der Waals surface area contributed by atoms with Gasteiger partial charge in [0.1, 0.15) is 22.9 Å². The first kappa shape index (κ1) is 25.4. The molecule has 1 unspecified atom stereocenters. The fourth-order valence-corrected chi connectivity index (χ4v) is 4.30. The Bertz CT molecular complexity index is 1360. The fraction of sp³-hybridized carbons (Fsp3) is 0.320. The van der Waals surface area contributed by atoms with Gasteiger partial charge in [-0.3, -0.25) is 9.59 Å². The Hall–Kier alpha value is -3.70. The summed E-state index contributed by atoms with van der Waals surface area (Å²) in [5, 5.41) is 12.0. The zero-order chi connectivity index (χ0) is 25.9. The van der Waals surface area contributed by atoms with E-state index in [0.717, 1.165) is 12.7 Å². The molecule has 0 radical (unpaired) electrons. The molecule has 1 aliphatic carbocycles. The number of H-pyrrole nitrogens is 1. The molecule has 10 nitrogen and oxygen atoms in total. The van der Waals surface area contributed by atoms with E-state index in [0.29, 0.717) is 47.0 Å². The summed E-state index contributed by atoms with van der Waals surface area (Å²) in [5.41, 5.74) is 1.56. The number of aromatic amines is 1. The second-order valence-corrected chi connectivity index (χ2v) is 10.7. The Morgan fingerprint density at radius 1 is 1.19 bits per heavy atom. The van der Waals surface area contributed by atoms with E-state index in [4.69, 9.17) is 9.47 Å². The normalized spacial score (nSPS) is 16.5. The monoisotopic (exact) mass is 513 g/mol. The maximum atomic E-state index is 12.3. The number of nitrogens with one attached hydrogen (secondary N) is 2. The van der Waals surface area contributed by atoms with Crippen molar-refractivity contribution in [2.45, 2.75) is 43.4 Å². The predicted octanol–water partition coefficient (Wildman–Crippen LogP) is 2.88. The minimum absolute atomic E-state index is 0.0420. The standard InChI is InChI=1S/C25H27N3O7S/c1-15(29)13-27-25(31)21-8-7-20(28-21)16-10-18(12-19(11-16)35-23-5-3-4-22(23)30)34-17-6-9-24(26-14-17)36(2,32)33/h6-12,14-15,23,28-29H,3-5,13H2,1-2H3,(H,27,31)/t15-,23?/m1/s1. The van der Waals surface area contributed by atoms with Crippen molar-refractivity contribution >= 4 is 21.5 Å². The molecule has 4 rings (SSSR count). The maximum Gasteiger partial charge on any atom is 0.267 e. The van der Waals surface area contributed by atoms with Crippen LogP contribution in [-0.4, -0.2) is 60.2 Å². The zero-order valence-corrected chi connectivity index (χ0v) is 20.7. The molecule has 11 heteroatoms. The van der Waals surface area contributed by atoms with E-state index in [1.165, 1.54) is 18.3 Å². The number of ether oxygens (including phenoxy) is 2. The molecule has 0 spiro atoms. The van der Waals surface area contributed by atoms with E-state index in [-0.39, 0.29) is 23.3 Å². The van der Waals surface area contributed by atoms with Crippen LogP contribution in [0.1, 0.15) is 36.7 Å². The summed E-state index contributed by atoms with van der Waals surface area (Å²) < 4.78 is 35.2. The zero-order valence-electron chi connectivity index (χ0n) is 19.9. The SMILES string of the molecule is C[C@@H](O)CNC(=O)c1ccc(-c2cc(Oc3ccc(S(C)(=O)=O)nc3)cc(OC3CCCC3=O)c2)[nH]1. The number of ketones is 1. The first-order chi connectivity index (χ1) is 17.1. The molecule has 1 aliphatic rings. The molecule has 0 bridgehead atoms. The molecule has 3 N–H and O–H groups in total. The molecule has 2 aromatic heterocycles. The van der Waals surface area contributed by atoms with Gasteiger partial charge in [-0.05, 0) is 56.2 Å². The average molecular weight is 514 g/mol. The molecule has 0 aliphatic heterocycles. The number of amides is 1. The van der Waals surface area contributed by atoms with Gasteiger partial charge in [0.15, 0.2) is 26.8 Å². The van der Waals surface area contributed by atoms with Gasteiger partial charge in [-0.2, -0.15) is 0 Å². The first-order valence-corrected chi connectivity index (χ1v) is 13.3. The number of benzene rings is 1. The largest absolute Gasteiger partial charge is 0.483 e. The summed E-state index contributed by atoms with van der Waals surface area (Å²) in [6, 6.07) is 11.3. The number of carbonyl (C=O) groups is 2. The lowest BCUT2D eigenvalue weighted by molar-refractivity contribution is -0.123. The number of aliphatic hydroxyl groups excluding tert-OH is 1. The van der Waals surface area contributed by atoms with Crippen LogP contribution in [0.5, 0.6) is 17.2 Å². The average Bonchev–Trinajstić information content (AvgIpc) is 3.47. The number of sulfone groups is 1. The highest BCUT2D eigenvalue weighted by Gasteiger charge is 2.26. The first-order valence-electron chi connectivity index (χ1n) is 11.4. The van der Waals surface area contributed by atoms with Gasteiger partial charge < -0.3 is 24.9 Å². The predicted molar refractivity (Wildman–Crippen MR) is 131 cm³/mol. The minimum Gasteiger partial charge on any atom is -0.483 e. The van der Waals surface area contributed by atoms with Crippen molar-refractivity contribution in [3.8, 4) is 28.5 Å². The molecule has 3 aromatic rings. The highest BCUT2D eigenvalue weighted by Crippen LogP contribution is 2.34. The highest BCUT2D eigenvalue weighted by molar-refractivity contribution is 7.90. The molecule has 190 valence electrons. The van der Waals surface area contributed by atoms with Gasteiger partial charge in [0.05, 0.1) is 12.3 Å². The molecule has 1 fully saturated rings. The summed E-state index contributed by atoms with van der Waals surface area (Å²) in [5.74, 6) is 0.779. The third-order valence-electron chi connectivity index (χ3n) is 5.53.